The Balaban J connectivity index is 2.31. The fourth-order valence-corrected chi connectivity index (χ4v) is 3.11. The van der Waals surface area contributed by atoms with Gasteiger partial charge in [0.2, 0.25) is 5.95 Å². The maximum absolute atomic E-state index is 11.8. The summed E-state index contributed by atoms with van der Waals surface area (Å²) < 4.78 is 0. The number of carboxylic acids is 1. The van der Waals surface area contributed by atoms with Gasteiger partial charge in [0.25, 0.3) is 0 Å². The van der Waals surface area contributed by atoms with Gasteiger partial charge >= 0.3 is 5.97 Å². The molecule has 2 heterocycles. The van der Waals surface area contributed by atoms with Gasteiger partial charge in [0.15, 0.2) is 0 Å². The second-order valence-corrected chi connectivity index (χ2v) is 6.12. The van der Waals surface area contributed by atoms with Crippen LogP contribution in [0.2, 0.25) is 10.0 Å². The van der Waals surface area contributed by atoms with E-state index in [2.05, 4.69) is 15.3 Å². The van der Waals surface area contributed by atoms with Gasteiger partial charge in [-0.2, -0.15) is 9.97 Å². The van der Waals surface area contributed by atoms with Crippen molar-refractivity contribution in [2.45, 2.75) is 12.8 Å². The molecule has 9 heteroatoms. The molecule has 0 saturated carbocycles. The van der Waals surface area contributed by atoms with E-state index in [0.717, 1.165) is 0 Å². The van der Waals surface area contributed by atoms with E-state index in [-0.39, 0.29) is 17.3 Å². The van der Waals surface area contributed by atoms with E-state index in [4.69, 9.17) is 34.7 Å². The molecule has 1 aromatic heterocycles. The number of rotatable bonds is 2. The molecule has 1 aliphatic heterocycles. The normalized spacial score (nSPS) is 16.5. The minimum absolute atomic E-state index is 0.00165. The molecular formula is C15H13Cl2N5O2. The van der Waals surface area contributed by atoms with E-state index in [1.54, 1.807) is 25.1 Å². The number of anilines is 3. The summed E-state index contributed by atoms with van der Waals surface area (Å²) in [4.78, 5) is 19.9. The van der Waals surface area contributed by atoms with Crippen LogP contribution in [0.5, 0.6) is 0 Å². The van der Waals surface area contributed by atoms with Crippen molar-refractivity contribution in [3.63, 3.8) is 0 Å². The first-order valence-electron chi connectivity index (χ1n) is 6.88. The maximum Gasteiger partial charge on any atom is 0.334 e. The average molecular weight is 366 g/mol. The van der Waals surface area contributed by atoms with Crippen molar-refractivity contribution in [1.29, 1.82) is 0 Å². The second kappa shape index (κ2) is 5.85. The first-order chi connectivity index (χ1) is 11.3. The van der Waals surface area contributed by atoms with Crippen molar-refractivity contribution in [3.8, 4) is 0 Å². The summed E-state index contributed by atoms with van der Waals surface area (Å²) in [5.74, 6) is -1.31. The number of nitrogen functional groups attached to an aromatic ring is 2. The van der Waals surface area contributed by atoms with Gasteiger partial charge in [-0.3, -0.25) is 0 Å². The fraction of sp³-hybridized carbons (Fsp3) is 0.133. The van der Waals surface area contributed by atoms with Crippen LogP contribution in [-0.4, -0.2) is 21.0 Å². The zero-order valence-electron chi connectivity index (χ0n) is 12.5. The van der Waals surface area contributed by atoms with E-state index in [9.17, 15) is 9.90 Å². The van der Waals surface area contributed by atoms with E-state index >= 15 is 0 Å². The van der Waals surface area contributed by atoms with Crippen LogP contribution >= 0.6 is 23.2 Å². The summed E-state index contributed by atoms with van der Waals surface area (Å²) in [5.41, 5.74) is 13.2. The topological polar surface area (TPSA) is 127 Å². The monoisotopic (exact) mass is 365 g/mol. The highest BCUT2D eigenvalue weighted by molar-refractivity contribution is 6.42. The van der Waals surface area contributed by atoms with Gasteiger partial charge in [-0.05, 0) is 24.6 Å². The molecule has 7 nitrogen and oxygen atoms in total. The van der Waals surface area contributed by atoms with Crippen molar-refractivity contribution in [3.05, 3.63) is 50.6 Å². The van der Waals surface area contributed by atoms with E-state index in [1.165, 1.54) is 0 Å². The van der Waals surface area contributed by atoms with Crippen LogP contribution < -0.4 is 16.8 Å². The van der Waals surface area contributed by atoms with Crippen LogP contribution in [0.4, 0.5) is 17.6 Å². The molecule has 0 aliphatic carbocycles. The number of allylic oxidation sites excluding steroid dienone is 1. The second-order valence-electron chi connectivity index (χ2n) is 5.30. The van der Waals surface area contributed by atoms with Gasteiger partial charge in [0.1, 0.15) is 11.6 Å². The number of aliphatic carboxylic acids is 1. The van der Waals surface area contributed by atoms with E-state index in [0.29, 0.717) is 32.7 Å². The highest BCUT2D eigenvalue weighted by atomic mass is 35.5. The first-order valence-corrected chi connectivity index (χ1v) is 7.64. The lowest BCUT2D eigenvalue weighted by atomic mass is 9.82. The van der Waals surface area contributed by atoms with Crippen molar-refractivity contribution in [2.75, 3.05) is 16.8 Å². The average Bonchev–Trinajstić information content (AvgIpc) is 2.47. The minimum atomic E-state index is -1.09. The SMILES string of the molecule is CC1=C(C(=O)O)C(c2ccc(Cl)c(Cl)c2)c2c(N)nc(N)nc2N1. The third-order valence-corrected chi connectivity index (χ3v) is 4.53. The minimum Gasteiger partial charge on any atom is -0.478 e. The van der Waals surface area contributed by atoms with Crippen LogP contribution in [0.25, 0.3) is 0 Å². The van der Waals surface area contributed by atoms with Gasteiger partial charge in [0, 0.05) is 11.3 Å². The lowest BCUT2D eigenvalue weighted by Gasteiger charge is -2.29. The number of hydrogen-bond donors (Lipinski definition) is 4. The number of carbonyl (C=O) groups is 1. The molecule has 24 heavy (non-hydrogen) atoms. The smallest absolute Gasteiger partial charge is 0.334 e. The molecule has 0 bridgehead atoms. The standard InChI is InChI=1S/C15H13Cl2N5O2/c1-5-9(14(23)24)10(6-2-3-7(16)8(17)4-6)11-12(18)21-15(19)22-13(11)20-5/h2-4,10H,1H3,(H,23,24)(H5,18,19,20,21,22). The number of fused-ring (bicyclic) bond motifs is 1. The van der Waals surface area contributed by atoms with Crippen LogP contribution in [0.15, 0.2) is 29.5 Å². The van der Waals surface area contributed by atoms with Crippen LogP contribution in [0.1, 0.15) is 24.0 Å². The lowest BCUT2D eigenvalue weighted by Crippen LogP contribution is -2.25. The Morgan fingerprint density at radius 3 is 2.58 bits per heavy atom. The molecule has 2 aromatic rings. The number of nitrogens with zero attached hydrogens (tertiary/aromatic N) is 2. The maximum atomic E-state index is 11.8. The number of hydrogen-bond acceptors (Lipinski definition) is 6. The highest BCUT2D eigenvalue weighted by Crippen LogP contribution is 2.44. The molecule has 0 spiro atoms. The molecule has 0 radical (unpaired) electrons. The Hall–Kier alpha value is -2.51. The summed E-state index contributed by atoms with van der Waals surface area (Å²) in [6.07, 6.45) is 0. The Bertz CT molecular complexity index is 898. The molecule has 1 aromatic carbocycles. The fourth-order valence-electron chi connectivity index (χ4n) is 2.80. The first kappa shape index (κ1) is 16.4. The predicted molar refractivity (Wildman–Crippen MR) is 93.1 cm³/mol. The molecule has 3 rings (SSSR count). The van der Waals surface area contributed by atoms with Crippen molar-refractivity contribution in [2.24, 2.45) is 0 Å². The summed E-state index contributed by atoms with van der Waals surface area (Å²) >= 11 is 12.1. The Labute approximate surface area is 147 Å². The molecule has 6 N–H and O–H groups in total. The van der Waals surface area contributed by atoms with Crippen molar-refractivity contribution < 1.29 is 9.90 Å². The zero-order valence-corrected chi connectivity index (χ0v) is 14.0. The summed E-state index contributed by atoms with van der Waals surface area (Å²) in [6.45, 7) is 1.64. The number of nitrogens with one attached hydrogen (secondary N) is 1. The molecule has 1 atom stereocenters. The van der Waals surface area contributed by atoms with Gasteiger partial charge in [-0.1, -0.05) is 29.3 Å². The number of benzene rings is 1. The van der Waals surface area contributed by atoms with E-state index < -0.39 is 11.9 Å². The Kier molecular flexibility index (Phi) is 3.98. The largest absolute Gasteiger partial charge is 0.478 e. The predicted octanol–water partition coefficient (Wildman–Crippen LogP) is 2.86. The molecular weight excluding hydrogens is 353 g/mol. The lowest BCUT2D eigenvalue weighted by molar-refractivity contribution is -0.132. The van der Waals surface area contributed by atoms with Crippen molar-refractivity contribution >= 4 is 46.8 Å². The highest BCUT2D eigenvalue weighted by Gasteiger charge is 2.35. The Morgan fingerprint density at radius 1 is 1.25 bits per heavy atom. The molecule has 0 saturated heterocycles. The zero-order chi connectivity index (χ0) is 17.6. The molecule has 0 amide bonds. The third-order valence-electron chi connectivity index (χ3n) is 3.79. The van der Waals surface area contributed by atoms with Crippen molar-refractivity contribution in [1.82, 2.24) is 9.97 Å². The molecule has 124 valence electrons. The third kappa shape index (κ3) is 2.61. The van der Waals surface area contributed by atoms with Gasteiger partial charge < -0.3 is 21.9 Å². The van der Waals surface area contributed by atoms with Crippen LogP contribution in [0.3, 0.4) is 0 Å². The summed E-state index contributed by atoms with van der Waals surface area (Å²) in [7, 11) is 0. The number of halogens is 2. The quantitative estimate of drug-likeness (QED) is 0.643. The van der Waals surface area contributed by atoms with Gasteiger partial charge in [-0.25, -0.2) is 4.79 Å². The molecule has 0 fully saturated rings. The number of nitrogens with two attached hydrogens (primary N) is 2. The molecule has 1 unspecified atom stereocenters. The van der Waals surface area contributed by atoms with Crippen LogP contribution in [-0.2, 0) is 4.79 Å². The molecule has 1 aliphatic rings. The number of aromatic nitrogens is 2. The number of carboxylic acid groups (broad SMARTS) is 1. The van der Waals surface area contributed by atoms with Gasteiger partial charge in [-0.15, -0.1) is 0 Å². The summed E-state index contributed by atoms with van der Waals surface area (Å²) in [6, 6.07) is 4.90. The van der Waals surface area contributed by atoms with Gasteiger partial charge in [0.05, 0.1) is 21.5 Å². The summed E-state index contributed by atoms with van der Waals surface area (Å²) in [5, 5.41) is 13.3. The Morgan fingerprint density at radius 2 is 1.96 bits per heavy atom. The van der Waals surface area contributed by atoms with E-state index in [1.807, 2.05) is 0 Å². The van der Waals surface area contributed by atoms with Crippen LogP contribution in [0, 0.1) is 0 Å².